The van der Waals surface area contributed by atoms with E-state index in [2.05, 4.69) is 15.0 Å². The van der Waals surface area contributed by atoms with Crippen LogP contribution in [0.15, 0.2) is 54.9 Å². The number of carboxylic acid groups (broad SMARTS) is 1. The number of piperazine rings is 1. The lowest BCUT2D eigenvalue weighted by Crippen LogP contribution is -2.48. The van der Waals surface area contributed by atoms with Gasteiger partial charge in [-0.15, -0.1) is 0 Å². The van der Waals surface area contributed by atoms with Gasteiger partial charge in [-0.3, -0.25) is 14.7 Å². The predicted molar refractivity (Wildman–Crippen MR) is 112 cm³/mol. The van der Waals surface area contributed by atoms with E-state index in [0.717, 1.165) is 17.7 Å². The molecule has 0 radical (unpaired) electrons. The van der Waals surface area contributed by atoms with E-state index in [9.17, 15) is 18.0 Å². The van der Waals surface area contributed by atoms with Crippen molar-refractivity contribution in [2.24, 2.45) is 0 Å². The summed E-state index contributed by atoms with van der Waals surface area (Å²) >= 11 is 0. The summed E-state index contributed by atoms with van der Waals surface area (Å²) in [6, 6.07) is 10.2. The Morgan fingerprint density at radius 2 is 1.59 bits per heavy atom. The summed E-state index contributed by atoms with van der Waals surface area (Å²) in [5, 5.41) is 8.99. The number of nitrogens with zero attached hydrogens (tertiary/aromatic N) is 5. The summed E-state index contributed by atoms with van der Waals surface area (Å²) in [6.07, 6.45) is -1.14. The van der Waals surface area contributed by atoms with Crippen molar-refractivity contribution < 1.29 is 23.1 Å². The molecule has 4 rings (SSSR count). The molecule has 7 nitrogen and oxygen atoms in total. The van der Waals surface area contributed by atoms with E-state index in [4.69, 9.17) is 5.11 Å². The predicted octanol–water partition coefficient (Wildman–Crippen LogP) is 3.43. The highest BCUT2D eigenvalue weighted by Gasteiger charge is 2.30. The smallest absolute Gasteiger partial charge is 0.416 e. The highest BCUT2D eigenvalue weighted by atomic mass is 19.4. The molecule has 1 saturated heterocycles. The van der Waals surface area contributed by atoms with Gasteiger partial charge in [0.1, 0.15) is 5.82 Å². The number of carbonyl (C=O) groups is 1. The summed E-state index contributed by atoms with van der Waals surface area (Å²) in [4.78, 5) is 28.0. The highest BCUT2D eigenvalue weighted by Crippen LogP contribution is 2.31. The van der Waals surface area contributed by atoms with Crippen LogP contribution in [0.3, 0.4) is 0 Å². The molecule has 10 heteroatoms. The number of aromatic nitrogens is 3. The fourth-order valence-corrected chi connectivity index (χ4v) is 3.53. The van der Waals surface area contributed by atoms with Gasteiger partial charge in [-0.1, -0.05) is 12.1 Å². The molecular weight excluding hydrogens is 423 g/mol. The van der Waals surface area contributed by atoms with Gasteiger partial charge >= 0.3 is 12.1 Å². The van der Waals surface area contributed by atoms with Crippen LogP contribution in [-0.2, 0) is 11.0 Å². The van der Waals surface area contributed by atoms with Crippen LogP contribution in [0.1, 0.15) is 5.56 Å². The molecule has 3 aromatic rings. The van der Waals surface area contributed by atoms with Crippen molar-refractivity contribution in [1.82, 2.24) is 19.9 Å². The van der Waals surface area contributed by atoms with Crippen molar-refractivity contribution >= 4 is 11.8 Å². The third kappa shape index (κ3) is 5.02. The van der Waals surface area contributed by atoms with E-state index in [1.807, 2.05) is 15.9 Å². The number of carboxylic acids is 1. The van der Waals surface area contributed by atoms with Gasteiger partial charge in [0.15, 0.2) is 5.82 Å². The molecule has 0 amide bonds. The van der Waals surface area contributed by atoms with Gasteiger partial charge in [0.2, 0.25) is 0 Å². The zero-order chi connectivity index (χ0) is 22.7. The molecule has 32 heavy (non-hydrogen) atoms. The standard InChI is InChI=1S/C22H20F3N5O2/c23-22(24,25)17-3-1-16(2-4-17)21-27-18(15-5-7-26-8-6-15)13-19(28-21)30-11-9-29(10-12-30)14-20(31)32/h1-8,13H,9-12,14H2,(H,31,32). The van der Waals surface area contributed by atoms with Gasteiger partial charge in [-0.05, 0) is 24.3 Å². The largest absolute Gasteiger partial charge is 0.480 e. The molecule has 0 atom stereocenters. The van der Waals surface area contributed by atoms with Crippen molar-refractivity contribution in [2.45, 2.75) is 6.18 Å². The Morgan fingerprint density at radius 1 is 0.938 bits per heavy atom. The summed E-state index contributed by atoms with van der Waals surface area (Å²) in [7, 11) is 0. The Bertz CT molecular complexity index is 1080. The number of benzene rings is 1. The van der Waals surface area contributed by atoms with Gasteiger partial charge < -0.3 is 10.0 Å². The van der Waals surface area contributed by atoms with E-state index < -0.39 is 17.7 Å². The van der Waals surface area contributed by atoms with Crippen LogP contribution in [0.25, 0.3) is 22.6 Å². The van der Waals surface area contributed by atoms with E-state index in [1.165, 1.54) is 12.1 Å². The van der Waals surface area contributed by atoms with Crippen LogP contribution in [0.4, 0.5) is 19.0 Å². The molecule has 1 aliphatic heterocycles. The number of hydrogen-bond donors (Lipinski definition) is 1. The molecule has 166 valence electrons. The van der Waals surface area contributed by atoms with E-state index >= 15 is 0 Å². The molecule has 0 unspecified atom stereocenters. The number of anilines is 1. The minimum Gasteiger partial charge on any atom is -0.480 e. The van der Waals surface area contributed by atoms with Gasteiger partial charge in [-0.25, -0.2) is 9.97 Å². The second-order valence-electron chi connectivity index (χ2n) is 7.40. The number of alkyl halides is 3. The first-order valence-electron chi connectivity index (χ1n) is 9.96. The molecular formula is C22H20F3N5O2. The molecule has 1 N–H and O–H groups in total. The number of pyridine rings is 1. The molecule has 0 bridgehead atoms. The maximum atomic E-state index is 12.9. The zero-order valence-electron chi connectivity index (χ0n) is 17.0. The van der Waals surface area contributed by atoms with Crippen LogP contribution in [0, 0.1) is 0 Å². The van der Waals surface area contributed by atoms with Crippen molar-refractivity contribution in [1.29, 1.82) is 0 Å². The zero-order valence-corrected chi connectivity index (χ0v) is 17.0. The van der Waals surface area contributed by atoms with Crippen molar-refractivity contribution in [3.8, 4) is 22.6 Å². The van der Waals surface area contributed by atoms with Gasteiger partial charge in [0.25, 0.3) is 0 Å². The first-order chi connectivity index (χ1) is 15.3. The Labute approximate surface area is 182 Å². The van der Waals surface area contributed by atoms with Crippen molar-refractivity contribution in [3.63, 3.8) is 0 Å². The van der Waals surface area contributed by atoms with Crippen LogP contribution in [0.5, 0.6) is 0 Å². The lowest BCUT2D eigenvalue weighted by molar-refractivity contribution is -0.139. The second kappa shape index (κ2) is 8.91. The first kappa shape index (κ1) is 21.7. The minimum absolute atomic E-state index is 0.0172. The molecule has 2 aromatic heterocycles. The molecule has 0 aliphatic carbocycles. The number of aliphatic carboxylic acids is 1. The average Bonchev–Trinajstić information content (AvgIpc) is 2.79. The summed E-state index contributed by atoms with van der Waals surface area (Å²) in [6.45, 7) is 2.27. The van der Waals surface area contributed by atoms with Gasteiger partial charge in [-0.2, -0.15) is 13.2 Å². The normalized spacial score (nSPS) is 15.0. The summed E-state index contributed by atoms with van der Waals surface area (Å²) in [5.74, 6) is 0.0812. The Morgan fingerprint density at radius 3 is 2.19 bits per heavy atom. The maximum Gasteiger partial charge on any atom is 0.416 e. The Kier molecular flexibility index (Phi) is 6.04. The summed E-state index contributed by atoms with van der Waals surface area (Å²) < 4.78 is 38.8. The number of rotatable bonds is 5. The fraction of sp³-hybridized carbons (Fsp3) is 0.273. The van der Waals surface area contributed by atoms with Crippen molar-refractivity contribution in [3.05, 3.63) is 60.4 Å². The fourth-order valence-electron chi connectivity index (χ4n) is 3.53. The van der Waals surface area contributed by atoms with Crippen molar-refractivity contribution in [2.75, 3.05) is 37.6 Å². The Balaban J connectivity index is 1.67. The third-order valence-corrected chi connectivity index (χ3v) is 5.21. The molecule has 3 heterocycles. The number of halogens is 3. The first-order valence-corrected chi connectivity index (χ1v) is 9.96. The van der Waals surface area contributed by atoms with Crippen LogP contribution in [0.2, 0.25) is 0 Å². The maximum absolute atomic E-state index is 12.9. The van der Waals surface area contributed by atoms with E-state index in [1.54, 1.807) is 24.5 Å². The average molecular weight is 443 g/mol. The van der Waals surface area contributed by atoms with E-state index in [-0.39, 0.29) is 6.54 Å². The SMILES string of the molecule is O=C(O)CN1CCN(c2cc(-c3ccncc3)nc(-c3ccc(C(F)(F)F)cc3)n2)CC1. The van der Waals surface area contributed by atoms with E-state index in [0.29, 0.717) is 49.1 Å². The highest BCUT2D eigenvalue weighted by molar-refractivity contribution is 5.69. The second-order valence-corrected chi connectivity index (χ2v) is 7.40. The van der Waals surface area contributed by atoms with Crippen LogP contribution < -0.4 is 4.90 Å². The summed E-state index contributed by atoms with van der Waals surface area (Å²) in [5.41, 5.74) is 1.17. The topological polar surface area (TPSA) is 82.5 Å². The number of hydrogen-bond acceptors (Lipinski definition) is 6. The molecule has 1 fully saturated rings. The van der Waals surface area contributed by atoms with Crippen LogP contribution in [-0.4, -0.2) is 63.7 Å². The monoisotopic (exact) mass is 443 g/mol. The molecule has 0 saturated carbocycles. The lowest BCUT2D eigenvalue weighted by Gasteiger charge is -2.34. The molecule has 1 aliphatic rings. The van der Waals surface area contributed by atoms with Gasteiger partial charge in [0, 0.05) is 55.8 Å². The molecule has 0 spiro atoms. The minimum atomic E-state index is -4.42. The third-order valence-electron chi connectivity index (χ3n) is 5.21. The quantitative estimate of drug-likeness (QED) is 0.647. The molecule has 1 aromatic carbocycles. The lowest BCUT2D eigenvalue weighted by atomic mass is 10.1. The van der Waals surface area contributed by atoms with Crippen LogP contribution >= 0.6 is 0 Å². The van der Waals surface area contributed by atoms with Gasteiger partial charge in [0.05, 0.1) is 17.8 Å². The Hall–Kier alpha value is -3.53.